The number of rotatable bonds is 10. The summed E-state index contributed by atoms with van der Waals surface area (Å²) in [5.74, 6) is -5.29. The SMILES string of the molecule is [B]Cc1cc(C[B])c(C(=O)O)c(C(=O)OC23CC4CC(C2)CC(C(=O)OC(C(F)(F)F)C(F)(F)S(=O)(=O)O)(C4)C3)c1C[B]. The summed E-state index contributed by atoms with van der Waals surface area (Å²) in [5, 5.41) is 4.01. The average Bonchev–Trinajstić information content (AvgIpc) is 2.87. The lowest BCUT2D eigenvalue weighted by molar-refractivity contribution is -0.269. The van der Waals surface area contributed by atoms with Gasteiger partial charge in [-0.15, -0.1) is 0 Å². The number of aromatic carboxylic acids is 1. The molecule has 0 saturated heterocycles. The summed E-state index contributed by atoms with van der Waals surface area (Å²) in [5.41, 5.74) is -3.84. The van der Waals surface area contributed by atoms with Crippen LogP contribution in [0.5, 0.6) is 0 Å². The van der Waals surface area contributed by atoms with Gasteiger partial charge in [-0.25, -0.2) is 9.59 Å². The van der Waals surface area contributed by atoms with Gasteiger partial charge in [-0.3, -0.25) is 9.35 Å². The summed E-state index contributed by atoms with van der Waals surface area (Å²) >= 11 is 0. The Balaban J connectivity index is 1.72. The number of carbonyl (C=O) groups is 3. The van der Waals surface area contributed by atoms with Gasteiger partial charge < -0.3 is 14.6 Å². The van der Waals surface area contributed by atoms with Crippen LogP contribution in [0.4, 0.5) is 22.0 Å². The molecule has 4 aliphatic carbocycles. The van der Waals surface area contributed by atoms with Crippen molar-refractivity contribution in [3.63, 3.8) is 0 Å². The number of hydrogen-bond donors (Lipinski definition) is 2. The van der Waals surface area contributed by atoms with Crippen LogP contribution in [0.2, 0.25) is 0 Å². The van der Waals surface area contributed by atoms with E-state index in [2.05, 4.69) is 4.74 Å². The molecular weight excluding hydrogens is 604 g/mol. The lowest BCUT2D eigenvalue weighted by Gasteiger charge is -2.59. The van der Waals surface area contributed by atoms with Gasteiger partial charge in [0.2, 0.25) is 0 Å². The van der Waals surface area contributed by atoms with Gasteiger partial charge in [0.25, 0.3) is 6.10 Å². The summed E-state index contributed by atoms with van der Waals surface area (Å²) < 4.78 is 110. The Morgan fingerprint density at radius 3 is 1.95 bits per heavy atom. The Labute approximate surface area is 247 Å². The Morgan fingerprint density at radius 2 is 1.51 bits per heavy atom. The van der Waals surface area contributed by atoms with Crippen LogP contribution in [0.1, 0.15) is 75.9 Å². The van der Waals surface area contributed by atoms with E-state index in [-0.39, 0.29) is 55.8 Å². The van der Waals surface area contributed by atoms with Gasteiger partial charge in [0, 0.05) is 6.42 Å². The lowest BCUT2D eigenvalue weighted by Crippen LogP contribution is -2.61. The first-order chi connectivity index (χ1) is 19.7. The topological polar surface area (TPSA) is 144 Å². The highest BCUT2D eigenvalue weighted by molar-refractivity contribution is 7.86. The molecule has 2 N–H and O–H groups in total. The second-order valence-electron chi connectivity index (χ2n) is 11.5. The Morgan fingerprint density at radius 1 is 0.953 bits per heavy atom. The van der Waals surface area contributed by atoms with Crippen molar-refractivity contribution in [3.8, 4) is 0 Å². The number of carboxylic acid groups (broad SMARTS) is 1. The van der Waals surface area contributed by atoms with Crippen molar-refractivity contribution in [1.82, 2.24) is 0 Å². The Kier molecular flexibility index (Phi) is 8.57. The summed E-state index contributed by atoms with van der Waals surface area (Å²) in [4.78, 5) is 39.2. The molecule has 0 aromatic heterocycles. The van der Waals surface area contributed by atoms with E-state index < -0.39 is 86.0 Å². The smallest absolute Gasteiger partial charge is 0.432 e. The molecule has 5 rings (SSSR count). The zero-order chi connectivity index (χ0) is 32.3. The third-order valence-corrected chi connectivity index (χ3v) is 9.49. The maximum absolute atomic E-state index is 14.2. The largest absolute Gasteiger partial charge is 0.478 e. The fourth-order valence-electron chi connectivity index (χ4n) is 7.37. The molecule has 6 radical (unpaired) electrons. The van der Waals surface area contributed by atoms with Crippen molar-refractivity contribution in [1.29, 1.82) is 0 Å². The van der Waals surface area contributed by atoms with Crippen LogP contribution in [0, 0.1) is 17.3 Å². The van der Waals surface area contributed by atoms with E-state index in [4.69, 9.17) is 32.8 Å². The van der Waals surface area contributed by atoms with Gasteiger partial charge in [-0.2, -0.15) is 30.4 Å². The van der Waals surface area contributed by atoms with Gasteiger partial charge in [0.05, 0.1) is 40.1 Å². The Hall–Kier alpha value is -2.62. The molecule has 18 heteroatoms. The maximum atomic E-state index is 14.2. The lowest BCUT2D eigenvalue weighted by atomic mass is 9.48. The number of esters is 2. The third kappa shape index (κ3) is 5.80. The number of carbonyl (C=O) groups excluding carboxylic acids is 2. The predicted molar refractivity (Wildman–Crippen MR) is 139 cm³/mol. The molecule has 228 valence electrons. The minimum atomic E-state index is -6.65. The second-order valence-corrected chi connectivity index (χ2v) is 13.0. The molecule has 43 heavy (non-hydrogen) atoms. The van der Waals surface area contributed by atoms with E-state index >= 15 is 0 Å². The maximum Gasteiger partial charge on any atom is 0.432 e. The first kappa shape index (κ1) is 33.3. The standard InChI is InChI=1S/C25H24B3F5O9S/c26-7-13-2-14(8-27)16(18(34)35)17(15(13)9-28)19(36)42-23-5-11-1-12(6-23)4-22(3-11,10-23)21(37)41-20(24(29,30)31)25(32,33)43(38,39)40/h2,11-12,20H,1,3-10H2,(H,34,35)(H,38,39,40). The Bertz CT molecular complexity index is 1440. The normalized spacial score (nSPS) is 27.5. The molecule has 4 aliphatic rings. The van der Waals surface area contributed by atoms with E-state index in [1.165, 1.54) is 6.07 Å². The molecule has 0 heterocycles. The number of carboxylic acids is 1. The average molecular weight is 628 g/mol. The zero-order valence-corrected chi connectivity index (χ0v) is 23.3. The molecule has 9 nitrogen and oxygen atoms in total. The number of ether oxygens (including phenoxy) is 2. The fourth-order valence-corrected chi connectivity index (χ4v) is 7.82. The van der Waals surface area contributed by atoms with Gasteiger partial charge in [-0.05, 0) is 55.1 Å². The molecule has 4 fully saturated rings. The number of hydrogen-bond acceptors (Lipinski definition) is 7. The van der Waals surface area contributed by atoms with Crippen LogP contribution in [0.15, 0.2) is 6.07 Å². The van der Waals surface area contributed by atoms with Crippen LogP contribution in [0.3, 0.4) is 0 Å². The van der Waals surface area contributed by atoms with E-state index in [1.54, 1.807) is 0 Å². The minimum absolute atomic E-state index is 0.0561. The van der Waals surface area contributed by atoms with Crippen molar-refractivity contribution in [2.24, 2.45) is 17.3 Å². The quantitative estimate of drug-likeness (QED) is 0.173. The highest BCUT2D eigenvalue weighted by Crippen LogP contribution is 2.63. The molecule has 0 spiro atoms. The van der Waals surface area contributed by atoms with E-state index in [0.29, 0.717) is 12.0 Å². The van der Waals surface area contributed by atoms with Crippen LogP contribution < -0.4 is 0 Å². The highest BCUT2D eigenvalue weighted by Gasteiger charge is 2.69. The van der Waals surface area contributed by atoms with E-state index in [9.17, 15) is 49.9 Å². The third-order valence-electron chi connectivity index (χ3n) is 8.59. The van der Waals surface area contributed by atoms with E-state index in [0.717, 1.165) is 0 Å². The molecule has 4 bridgehead atoms. The number of benzene rings is 1. The first-order valence-electron chi connectivity index (χ1n) is 13.1. The van der Waals surface area contributed by atoms with Crippen LogP contribution in [-0.2, 0) is 43.3 Å². The van der Waals surface area contributed by atoms with Crippen LogP contribution >= 0.6 is 0 Å². The minimum Gasteiger partial charge on any atom is -0.478 e. The van der Waals surface area contributed by atoms with Gasteiger partial charge in [-0.1, -0.05) is 30.6 Å². The molecule has 0 aliphatic heterocycles. The molecule has 1 aromatic rings. The molecule has 0 amide bonds. The van der Waals surface area contributed by atoms with Crippen molar-refractivity contribution < 1.29 is 63.9 Å². The van der Waals surface area contributed by atoms with E-state index in [1.807, 2.05) is 0 Å². The van der Waals surface area contributed by atoms with Gasteiger partial charge in [0.15, 0.2) is 0 Å². The summed E-state index contributed by atoms with van der Waals surface area (Å²) in [6.45, 7) is 0. The second kappa shape index (κ2) is 11.1. The number of halogens is 5. The highest BCUT2D eigenvalue weighted by atomic mass is 32.2. The summed E-state index contributed by atoms with van der Waals surface area (Å²) in [7, 11) is 10.7. The van der Waals surface area contributed by atoms with Crippen LogP contribution in [-0.4, -0.2) is 82.7 Å². The summed E-state index contributed by atoms with van der Waals surface area (Å²) in [6.07, 6.45) is -11.3. The molecule has 1 aromatic carbocycles. The molecular formula is C25H24B3F5O9S. The first-order valence-corrected chi connectivity index (χ1v) is 14.5. The van der Waals surface area contributed by atoms with Crippen LogP contribution in [0.25, 0.3) is 0 Å². The van der Waals surface area contributed by atoms with Gasteiger partial charge in [0.1, 0.15) is 5.60 Å². The predicted octanol–water partition coefficient (Wildman–Crippen LogP) is 2.84. The van der Waals surface area contributed by atoms with Crippen molar-refractivity contribution in [2.75, 3.05) is 0 Å². The summed E-state index contributed by atoms with van der Waals surface area (Å²) in [6, 6.07) is 1.40. The van der Waals surface area contributed by atoms with Crippen molar-refractivity contribution in [3.05, 3.63) is 33.9 Å². The monoisotopic (exact) mass is 628 g/mol. The zero-order valence-electron chi connectivity index (χ0n) is 22.5. The number of alkyl halides is 5. The molecule has 3 atom stereocenters. The fraction of sp³-hybridized carbons (Fsp3) is 0.640. The molecule has 3 unspecified atom stereocenters. The molecule has 4 saturated carbocycles. The van der Waals surface area contributed by atoms with Gasteiger partial charge >= 0.3 is 39.5 Å². The van der Waals surface area contributed by atoms with Crippen molar-refractivity contribution in [2.45, 2.75) is 80.6 Å². The van der Waals surface area contributed by atoms with Crippen molar-refractivity contribution >= 4 is 51.6 Å².